The first-order valence-electron chi connectivity index (χ1n) is 8.70. The molecule has 2 aromatic rings. The maximum Gasteiger partial charge on any atom is 0.381 e. The molecule has 0 bridgehead atoms. The van der Waals surface area contributed by atoms with Crippen LogP contribution in [0.3, 0.4) is 0 Å². The van der Waals surface area contributed by atoms with Gasteiger partial charge in [0.05, 0.1) is 26.0 Å². The number of nitrogens with zero attached hydrogens (tertiary/aromatic N) is 4. The smallest absolute Gasteiger partial charge is 0.381 e. The number of carbonyl (C=O) groups excluding carboxylic acids is 1. The van der Waals surface area contributed by atoms with Crippen LogP contribution in [0.1, 0.15) is 17.5 Å². The number of carbonyl (C=O) groups is 1. The molecule has 2 heterocycles. The Morgan fingerprint density at radius 1 is 1.40 bits per heavy atom. The van der Waals surface area contributed by atoms with Gasteiger partial charge in [-0.25, -0.2) is 9.79 Å². The predicted molar refractivity (Wildman–Crippen MR) is 112 cm³/mol. The van der Waals surface area contributed by atoms with E-state index in [1.807, 2.05) is 0 Å². The van der Waals surface area contributed by atoms with Crippen LogP contribution in [-0.4, -0.2) is 65.4 Å². The fraction of sp³-hybridized carbons (Fsp3) is 0.353. The molecule has 0 aromatic carbocycles. The third-order valence-electron chi connectivity index (χ3n) is 3.64. The highest BCUT2D eigenvalue weighted by Gasteiger charge is 2.22. The highest BCUT2D eigenvalue weighted by molar-refractivity contribution is 7.18. The van der Waals surface area contributed by atoms with E-state index in [0.717, 1.165) is 11.3 Å². The van der Waals surface area contributed by atoms with E-state index in [1.54, 1.807) is 13.0 Å². The van der Waals surface area contributed by atoms with Gasteiger partial charge in [-0.1, -0.05) is 11.3 Å². The van der Waals surface area contributed by atoms with E-state index < -0.39 is 11.5 Å². The van der Waals surface area contributed by atoms with Crippen LogP contribution in [0.2, 0.25) is 0 Å². The van der Waals surface area contributed by atoms with E-state index in [1.165, 1.54) is 24.3 Å². The Kier molecular flexibility index (Phi) is 8.46. The van der Waals surface area contributed by atoms with E-state index >= 15 is 0 Å². The lowest BCUT2D eigenvalue weighted by molar-refractivity contribution is 0.0991. The third-order valence-corrected chi connectivity index (χ3v) is 4.37. The van der Waals surface area contributed by atoms with E-state index in [0.29, 0.717) is 10.8 Å². The van der Waals surface area contributed by atoms with Crippen LogP contribution in [0.25, 0.3) is 0 Å². The van der Waals surface area contributed by atoms with Gasteiger partial charge in [-0.05, 0) is 19.2 Å². The molecule has 1 amide bonds. The Hall–Kier alpha value is -3.29. The van der Waals surface area contributed by atoms with Crippen molar-refractivity contribution >= 4 is 38.9 Å². The molecule has 0 fully saturated rings. The molecular weight excluding hydrogens is 416 g/mol. The summed E-state index contributed by atoms with van der Waals surface area (Å²) in [4.78, 5) is 30.5. The van der Waals surface area contributed by atoms with Crippen molar-refractivity contribution in [2.75, 3.05) is 43.6 Å². The zero-order chi connectivity index (χ0) is 22.1. The number of amides is 1. The Bertz CT molecular complexity index is 979. The van der Waals surface area contributed by atoms with Crippen molar-refractivity contribution in [2.45, 2.75) is 6.92 Å². The van der Waals surface area contributed by atoms with Gasteiger partial charge in [-0.3, -0.25) is 10.1 Å². The van der Waals surface area contributed by atoms with Gasteiger partial charge in [0.1, 0.15) is 0 Å². The molecular formula is C17H22N6O6S. The third kappa shape index (κ3) is 5.85. The number of ether oxygens (including phenoxy) is 1. The summed E-state index contributed by atoms with van der Waals surface area (Å²) in [6, 6.07) is 1.29. The summed E-state index contributed by atoms with van der Waals surface area (Å²) < 4.78 is 10.1. The molecule has 2 aromatic heterocycles. The molecule has 2 rings (SSSR count). The number of aromatic nitrogens is 2. The molecule has 0 spiro atoms. The van der Waals surface area contributed by atoms with Crippen molar-refractivity contribution in [1.29, 1.82) is 0 Å². The summed E-state index contributed by atoms with van der Waals surface area (Å²) in [6.07, 6.45) is 2.92. The van der Waals surface area contributed by atoms with Crippen molar-refractivity contribution in [3.8, 4) is 5.75 Å². The van der Waals surface area contributed by atoms with Crippen molar-refractivity contribution in [3.05, 3.63) is 34.5 Å². The van der Waals surface area contributed by atoms with Crippen LogP contribution in [0.15, 0.2) is 32.5 Å². The minimum Gasteiger partial charge on any atom is -0.488 e. The number of aliphatic hydroxyl groups is 2. The average molecular weight is 438 g/mol. The van der Waals surface area contributed by atoms with Crippen LogP contribution < -0.4 is 26.3 Å². The van der Waals surface area contributed by atoms with Crippen molar-refractivity contribution in [2.24, 2.45) is 10.7 Å². The summed E-state index contributed by atoms with van der Waals surface area (Å²) in [5.41, 5.74) is 5.22. The molecule has 0 radical (unpaired) electrons. The van der Waals surface area contributed by atoms with Gasteiger partial charge in [-0.2, -0.15) is 0 Å². The molecule has 0 aliphatic heterocycles. The summed E-state index contributed by atoms with van der Waals surface area (Å²) in [6.45, 7) is 1.46. The number of nitrogens with two attached hydrogens (primary N) is 1. The Morgan fingerprint density at radius 3 is 2.70 bits per heavy atom. The summed E-state index contributed by atoms with van der Waals surface area (Å²) in [5.74, 6) is -1.20. The molecule has 0 unspecified atom stereocenters. The van der Waals surface area contributed by atoms with Crippen molar-refractivity contribution in [1.82, 2.24) is 10.2 Å². The van der Waals surface area contributed by atoms with Crippen LogP contribution in [0, 0.1) is 0 Å². The number of aliphatic imine (C=N–C) groups is 1. The number of anilines is 2. The van der Waals surface area contributed by atoms with Gasteiger partial charge in [-0.15, -0.1) is 10.2 Å². The minimum atomic E-state index is -0.882. The first-order valence-corrected chi connectivity index (χ1v) is 9.52. The first kappa shape index (κ1) is 23.0. The Balaban J connectivity index is 2.31. The molecule has 13 heteroatoms. The maximum atomic E-state index is 12.6. The van der Waals surface area contributed by atoms with E-state index in [4.69, 9.17) is 14.9 Å². The molecule has 5 N–H and O–H groups in total. The molecule has 0 saturated carbocycles. The number of allylic oxidation sites excluding steroid dienone is 1. The summed E-state index contributed by atoms with van der Waals surface area (Å²) >= 11 is 1.01. The van der Waals surface area contributed by atoms with E-state index in [2.05, 4.69) is 20.5 Å². The van der Waals surface area contributed by atoms with E-state index in [-0.39, 0.29) is 48.6 Å². The van der Waals surface area contributed by atoms with Crippen LogP contribution in [0.4, 0.5) is 16.0 Å². The lowest BCUT2D eigenvalue weighted by Gasteiger charge is -2.24. The predicted octanol–water partition coefficient (Wildman–Crippen LogP) is 0.108. The number of nitrogens with one attached hydrogen (secondary N) is 1. The fourth-order valence-electron chi connectivity index (χ4n) is 2.40. The van der Waals surface area contributed by atoms with E-state index in [9.17, 15) is 19.8 Å². The Morgan fingerprint density at radius 2 is 2.10 bits per heavy atom. The van der Waals surface area contributed by atoms with Crippen molar-refractivity contribution < 1.29 is 24.2 Å². The fourth-order valence-corrected chi connectivity index (χ4v) is 3.07. The van der Waals surface area contributed by atoms with Gasteiger partial charge in [0.15, 0.2) is 5.76 Å². The largest absolute Gasteiger partial charge is 0.488 e. The molecule has 12 nitrogen and oxygen atoms in total. The molecule has 30 heavy (non-hydrogen) atoms. The number of methoxy groups -OCH3 is 1. The van der Waals surface area contributed by atoms with Crippen LogP contribution in [-0.2, 0) is 0 Å². The zero-order valence-electron chi connectivity index (χ0n) is 16.4. The number of hydrogen-bond acceptors (Lipinski definition) is 12. The average Bonchev–Trinajstić information content (AvgIpc) is 3.13. The molecule has 0 saturated heterocycles. The van der Waals surface area contributed by atoms with Gasteiger partial charge < -0.3 is 30.0 Å². The summed E-state index contributed by atoms with van der Waals surface area (Å²) in [7, 11) is 1.27. The molecule has 0 aliphatic carbocycles. The minimum absolute atomic E-state index is 0.107. The second-order valence-corrected chi connectivity index (χ2v) is 6.66. The van der Waals surface area contributed by atoms with Gasteiger partial charge in [0, 0.05) is 24.9 Å². The second kappa shape index (κ2) is 11.0. The molecule has 0 atom stereocenters. The molecule has 0 aliphatic rings. The quantitative estimate of drug-likeness (QED) is 0.372. The zero-order valence-corrected chi connectivity index (χ0v) is 17.2. The number of rotatable bonds is 10. The number of aliphatic hydroxyl groups excluding tert-OH is 2. The topological polar surface area (TPSA) is 176 Å². The van der Waals surface area contributed by atoms with Crippen LogP contribution >= 0.6 is 11.3 Å². The lowest BCUT2D eigenvalue weighted by atomic mass is 10.2. The van der Waals surface area contributed by atoms with Crippen LogP contribution in [0.5, 0.6) is 5.75 Å². The first-order chi connectivity index (χ1) is 14.4. The molecule has 162 valence electrons. The highest BCUT2D eigenvalue weighted by atomic mass is 32.1. The van der Waals surface area contributed by atoms with Gasteiger partial charge in [0.2, 0.25) is 16.0 Å². The normalized spacial score (nSPS) is 11.7. The Labute approximate surface area is 175 Å². The second-order valence-electron chi connectivity index (χ2n) is 5.71. The monoisotopic (exact) mass is 438 g/mol. The lowest BCUT2D eigenvalue weighted by Crippen LogP contribution is -2.31. The van der Waals surface area contributed by atoms with Gasteiger partial charge in [0.25, 0.3) is 5.91 Å². The maximum absolute atomic E-state index is 12.6. The van der Waals surface area contributed by atoms with Gasteiger partial charge >= 0.3 is 5.63 Å². The SMILES string of the molecule is COc1c(N(CCO)CCO)cc(C(=O)Nc2nnc(N=C(C)C=CN)s2)oc1=O. The number of hydrogen-bond donors (Lipinski definition) is 4. The summed E-state index contributed by atoms with van der Waals surface area (Å²) in [5, 5.41) is 29.1. The highest BCUT2D eigenvalue weighted by Crippen LogP contribution is 2.27. The standard InChI is InChI=1S/C17H22N6O6S/c1-10(3-4-18)19-16-21-22-17(30-16)20-14(26)12-9-11(13(28-2)15(27)29-12)23(5-7-24)6-8-25/h3-4,9,24-25H,5-8,18H2,1-2H3,(H,20,22,26). The van der Waals surface area contributed by atoms with Crippen molar-refractivity contribution in [3.63, 3.8) is 0 Å².